The second-order valence-electron chi connectivity index (χ2n) is 6.55. The van der Waals surface area contributed by atoms with Crippen LogP contribution in [-0.4, -0.2) is 31.0 Å². The third-order valence-corrected chi connectivity index (χ3v) is 5.19. The topological polar surface area (TPSA) is 72.0 Å². The van der Waals surface area contributed by atoms with Gasteiger partial charge in [0.2, 0.25) is 0 Å². The van der Waals surface area contributed by atoms with Crippen molar-refractivity contribution in [2.75, 3.05) is 18.5 Å². The SMILES string of the molecule is O=C(NCC1=NOC(COc2ccccc2-c2ccccc2)C1)Nc1cccs1. The van der Waals surface area contributed by atoms with Crippen molar-refractivity contribution in [3.8, 4) is 16.9 Å². The van der Waals surface area contributed by atoms with Gasteiger partial charge >= 0.3 is 6.03 Å². The molecule has 2 aromatic carbocycles. The Labute approximate surface area is 173 Å². The number of carbonyl (C=O) groups excluding carboxylic acids is 1. The number of anilines is 1. The van der Waals surface area contributed by atoms with Gasteiger partial charge in [-0.1, -0.05) is 53.7 Å². The second-order valence-corrected chi connectivity index (χ2v) is 7.49. The standard InChI is InChI=1S/C22H21N3O3S/c26-22(24-21-11-6-12-29-21)23-14-17-13-18(28-25-17)15-27-20-10-5-4-9-19(20)16-7-2-1-3-8-16/h1-12,18H,13-15H2,(H2,23,24,26). The Hall–Kier alpha value is -3.32. The van der Waals surface area contributed by atoms with Gasteiger partial charge in [-0.2, -0.15) is 0 Å². The molecule has 2 heterocycles. The Morgan fingerprint density at radius 1 is 1.10 bits per heavy atom. The monoisotopic (exact) mass is 407 g/mol. The molecule has 1 aromatic heterocycles. The fourth-order valence-corrected chi connectivity index (χ4v) is 3.61. The van der Waals surface area contributed by atoms with Crippen LogP contribution in [0.15, 0.2) is 77.3 Å². The fraction of sp³-hybridized carbons (Fsp3) is 0.182. The number of nitrogens with one attached hydrogen (secondary N) is 2. The number of thiophene rings is 1. The van der Waals surface area contributed by atoms with E-state index in [1.807, 2.05) is 60.0 Å². The maximum Gasteiger partial charge on any atom is 0.320 e. The summed E-state index contributed by atoms with van der Waals surface area (Å²) in [5.74, 6) is 0.809. The average molecular weight is 407 g/mol. The summed E-state index contributed by atoms with van der Waals surface area (Å²) in [6.45, 7) is 0.729. The number of carbonyl (C=O) groups is 1. The molecule has 0 aliphatic carbocycles. The summed E-state index contributed by atoms with van der Waals surface area (Å²) in [6, 6.07) is 21.5. The van der Waals surface area contributed by atoms with Gasteiger partial charge in [-0.3, -0.25) is 5.32 Å². The molecule has 3 aromatic rings. The molecule has 2 amide bonds. The highest BCUT2D eigenvalue weighted by Crippen LogP contribution is 2.30. The van der Waals surface area contributed by atoms with Crippen molar-refractivity contribution in [2.24, 2.45) is 5.16 Å². The summed E-state index contributed by atoms with van der Waals surface area (Å²) >= 11 is 1.47. The van der Waals surface area contributed by atoms with Crippen molar-refractivity contribution in [1.29, 1.82) is 0 Å². The third-order valence-electron chi connectivity index (χ3n) is 4.40. The van der Waals surface area contributed by atoms with Crippen LogP contribution in [0.25, 0.3) is 11.1 Å². The molecule has 0 fully saturated rings. The molecule has 0 radical (unpaired) electrons. The summed E-state index contributed by atoms with van der Waals surface area (Å²) in [7, 11) is 0. The minimum Gasteiger partial charge on any atom is -0.489 e. The van der Waals surface area contributed by atoms with Crippen molar-refractivity contribution in [3.63, 3.8) is 0 Å². The third kappa shape index (κ3) is 5.14. The molecule has 0 saturated heterocycles. The van der Waals surface area contributed by atoms with Gasteiger partial charge in [-0.15, -0.1) is 11.3 Å². The van der Waals surface area contributed by atoms with Gasteiger partial charge in [0.15, 0.2) is 6.10 Å². The molecule has 1 aliphatic heterocycles. The average Bonchev–Trinajstić information content (AvgIpc) is 3.44. The molecule has 6 nitrogen and oxygen atoms in total. The van der Waals surface area contributed by atoms with E-state index in [0.717, 1.165) is 27.6 Å². The number of hydrogen-bond acceptors (Lipinski definition) is 5. The largest absolute Gasteiger partial charge is 0.489 e. The molecule has 2 N–H and O–H groups in total. The fourth-order valence-electron chi connectivity index (χ4n) is 3.00. The highest BCUT2D eigenvalue weighted by Gasteiger charge is 2.22. The highest BCUT2D eigenvalue weighted by molar-refractivity contribution is 7.14. The Kier molecular flexibility index (Phi) is 6.07. The first-order valence-electron chi connectivity index (χ1n) is 9.35. The minimum absolute atomic E-state index is 0.170. The van der Waals surface area contributed by atoms with Crippen LogP contribution < -0.4 is 15.4 Å². The molecular formula is C22H21N3O3S. The van der Waals surface area contributed by atoms with E-state index in [-0.39, 0.29) is 12.1 Å². The minimum atomic E-state index is -0.258. The lowest BCUT2D eigenvalue weighted by atomic mass is 10.0. The summed E-state index contributed by atoms with van der Waals surface area (Å²) in [5, 5.41) is 12.4. The summed E-state index contributed by atoms with van der Waals surface area (Å²) in [5.41, 5.74) is 2.93. The molecule has 0 saturated carbocycles. The number of benzene rings is 2. The van der Waals surface area contributed by atoms with E-state index >= 15 is 0 Å². The molecule has 4 rings (SSSR count). The lowest BCUT2D eigenvalue weighted by Crippen LogP contribution is -2.33. The maximum atomic E-state index is 11.9. The summed E-state index contributed by atoms with van der Waals surface area (Å²) < 4.78 is 6.02. The predicted molar refractivity (Wildman–Crippen MR) is 116 cm³/mol. The van der Waals surface area contributed by atoms with Crippen molar-refractivity contribution >= 4 is 28.1 Å². The van der Waals surface area contributed by atoms with Crippen molar-refractivity contribution in [1.82, 2.24) is 5.32 Å². The zero-order valence-electron chi connectivity index (χ0n) is 15.7. The van der Waals surface area contributed by atoms with Crippen LogP contribution in [0.4, 0.5) is 9.80 Å². The summed E-state index contributed by atoms with van der Waals surface area (Å²) in [4.78, 5) is 17.4. The van der Waals surface area contributed by atoms with Crippen LogP contribution in [0.5, 0.6) is 5.75 Å². The van der Waals surface area contributed by atoms with Gasteiger partial charge in [-0.05, 0) is 29.1 Å². The quantitative estimate of drug-likeness (QED) is 0.593. The Bertz CT molecular complexity index is 974. The Morgan fingerprint density at radius 2 is 1.93 bits per heavy atom. The smallest absolute Gasteiger partial charge is 0.320 e. The van der Waals surface area contributed by atoms with Crippen molar-refractivity contribution in [3.05, 3.63) is 72.1 Å². The molecule has 7 heteroatoms. The first kappa shape index (κ1) is 19.0. The van der Waals surface area contributed by atoms with E-state index in [2.05, 4.69) is 27.9 Å². The van der Waals surface area contributed by atoms with Gasteiger partial charge in [-0.25, -0.2) is 4.79 Å². The van der Waals surface area contributed by atoms with Gasteiger partial charge in [0.25, 0.3) is 0 Å². The molecule has 1 atom stereocenters. The normalized spacial score (nSPS) is 15.3. The van der Waals surface area contributed by atoms with Crippen LogP contribution in [0.2, 0.25) is 0 Å². The molecule has 0 bridgehead atoms. The first-order valence-corrected chi connectivity index (χ1v) is 10.2. The van der Waals surface area contributed by atoms with E-state index in [9.17, 15) is 4.79 Å². The van der Waals surface area contributed by atoms with Gasteiger partial charge in [0.1, 0.15) is 12.4 Å². The number of ether oxygens (including phenoxy) is 1. The van der Waals surface area contributed by atoms with E-state index in [1.165, 1.54) is 11.3 Å². The lowest BCUT2D eigenvalue weighted by Gasteiger charge is -2.14. The van der Waals surface area contributed by atoms with Crippen molar-refractivity contribution < 1.29 is 14.4 Å². The molecule has 1 unspecified atom stereocenters. The van der Waals surface area contributed by atoms with Crippen LogP contribution in [-0.2, 0) is 4.84 Å². The maximum absolute atomic E-state index is 11.9. The Morgan fingerprint density at radius 3 is 2.76 bits per heavy atom. The molecule has 1 aliphatic rings. The van der Waals surface area contributed by atoms with Crippen molar-refractivity contribution in [2.45, 2.75) is 12.5 Å². The van der Waals surface area contributed by atoms with Crippen LogP contribution >= 0.6 is 11.3 Å². The number of para-hydroxylation sites is 1. The number of rotatable bonds is 7. The molecular weight excluding hydrogens is 386 g/mol. The zero-order chi connectivity index (χ0) is 19.9. The molecule has 0 spiro atoms. The van der Waals surface area contributed by atoms with Gasteiger partial charge in [0, 0.05) is 12.0 Å². The number of urea groups is 1. The lowest BCUT2D eigenvalue weighted by molar-refractivity contribution is 0.0472. The number of oxime groups is 1. The van der Waals surface area contributed by atoms with E-state index in [0.29, 0.717) is 19.6 Å². The Balaban J connectivity index is 1.25. The summed E-state index contributed by atoms with van der Waals surface area (Å²) in [6.07, 6.45) is 0.447. The number of hydrogen-bond donors (Lipinski definition) is 2. The van der Waals surface area contributed by atoms with E-state index < -0.39 is 0 Å². The second kappa shape index (κ2) is 9.25. The van der Waals surface area contributed by atoms with Gasteiger partial charge < -0.3 is 14.9 Å². The van der Waals surface area contributed by atoms with Gasteiger partial charge in [0.05, 0.1) is 17.3 Å². The zero-order valence-corrected chi connectivity index (χ0v) is 16.5. The number of nitrogens with zero attached hydrogens (tertiary/aromatic N) is 1. The highest BCUT2D eigenvalue weighted by atomic mass is 32.1. The van der Waals surface area contributed by atoms with Crippen LogP contribution in [0, 0.1) is 0 Å². The number of amides is 2. The predicted octanol–water partition coefficient (Wildman–Crippen LogP) is 4.76. The van der Waals surface area contributed by atoms with E-state index in [1.54, 1.807) is 0 Å². The van der Waals surface area contributed by atoms with Crippen LogP contribution in [0.1, 0.15) is 6.42 Å². The molecule has 148 valence electrons. The molecule has 29 heavy (non-hydrogen) atoms. The van der Waals surface area contributed by atoms with Crippen LogP contribution in [0.3, 0.4) is 0 Å². The first-order chi connectivity index (χ1) is 14.3. The van der Waals surface area contributed by atoms with E-state index in [4.69, 9.17) is 9.57 Å².